The van der Waals surface area contributed by atoms with Gasteiger partial charge in [-0.1, -0.05) is 57.4 Å². The molecule has 0 saturated carbocycles. The van der Waals surface area contributed by atoms with Crippen LogP contribution >= 0.6 is 0 Å². The number of carbonyl (C=O) groups is 1. The average molecular weight is 280 g/mol. The van der Waals surface area contributed by atoms with Crippen LogP contribution in [0.2, 0.25) is 0 Å². The Kier molecular flexibility index (Phi) is 7.65. The van der Waals surface area contributed by atoms with Crippen molar-refractivity contribution in [3.05, 3.63) is 35.4 Å². The van der Waals surface area contributed by atoms with Gasteiger partial charge >= 0.3 is 0 Å². The summed E-state index contributed by atoms with van der Waals surface area (Å²) in [5, 5.41) is 0. The summed E-state index contributed by atoms with van der Waals surface area (Å²) in [7, 11) is -1.01. The molecule has 0 aliphatic rings. The number of Topliss-reactive ketones (excluding diaryl/α,β-unsaturated/α-hetero) is 1. The number of ketones is 1. The maximum Gasteiger partial charge on any atom is 0.175 e. The standard InChI is InChI=1S/C16H24O2S/c1-3-5-6-12-19(18)13-16(17)15-10-8-14(7-4-2)9-11-15/h8-11H,3-7,12-13H2,1-2H3. The van der Waals surface area contributed by atoms with Gasteiger partial charge in [-0.25, -0.2) is 0 Å². The van der Waals surface area contributed by atoms with Crippen molar-refractivity contribution >= 4 is 16.6 Å². The van der Waals surface area contributed by atoms with Crippen molar-refractivity contribution < 1.29 is 9.00 Å². The fraction of sp³-hybridized carbons (Fsp3) is 0.562. The minimum atomic E-state index is -1.01. The van der Waals surface area contributed by atoms with E-state index >= 15 is 0 Å². The Labute approximate surface area is 119 Å². The number of rotatable bonds is 9. The van der Waals surface area contributed by atoms with Gasteiger partial charge in [-0.2, -0.15) is 0 Å². The Morgan fingerprint density at radius 3 is 2.32 bits per heavy atom. The Morgan fingerprint density at radius 1 is 1.05 bits per heavy atom. The van der Waals surface area contributed by atoms with Gasteiger partial charge in [0.25, 0.3) is 0 Å². The van der Waals surface area contributed by atoms with Crippen LogP contribution in [0, 0.1) is 0 Å². The van der Waals surface area contributed by atoms with E-state index in [2.05, 4.69) is 13.8 Å². The maximum atomic E-state index is 12.0. The molecule has 0 N–H and O–H groups in total. The lowest BCUT2D eigenvalue weighted by Crippen LogP contribution is -2.13. The molecule has 3 heteroatoms. The SMILES string of the molecule is CCCCCS(=O)CC(=O)c1ccc(CCC)cc1. The molecule has 0 aromatic heterocycles. The normalized spacial score (nSPS) is 12.3. The molecule has 1 unspecified atom stereocenters. The summed E-state index contributed by atoms with van der Waals surface area (Å²) >= 11 is 0. The molecule has 106 valence electrons. The highest BCUT2D eigenvalue weighted by Gasteiger charge is 2.10. The molecule has 0 saturated heterocycles. The highest BCUT2D eigenvalue weighted by molar-refractivity contribution is 7.85. The lowest BCUT2D eigenvalue weighted by Gasteiger charge is -2.03. The van der Waals surface area contributed by atoms with Crippen LogP contribution in [-0.2, 0) is 17.2 Å². The zero-order chi connectivity index (χ0) is 14.1. The molecule has 0 radical (unpaired) electrons. The highest BCUT2D eigenvalue weighted by atomic mass is 32.2. The highest BCUT2D eigenvalue weighted by Crippen LogP contribution is 2.08. The number of hydrogen-bond donors (Lipinski definition) is 0. The van der Waals surface area contributed by atoms with E-state index in [4.69, 9.17) is 0 Å². The van der Waals surface area contributed by atoms with Crippen molar-refractivity contribution in [2.75, 3.05) is 11.5 Å². The van der Waals surface area contributed by atoms with Crippen molar-refractivity contribution in [3.63, 3.8) is 0 Å². The number of aryl methyl sites for hydroxylation is 1. The third-order valence-electron chi connectivity index (χ3n) is 3.08. The van der Waals surface area contributed by atoms with Crippen LogP contribution in [0.5, 0.6) is 0 Å². The average Bonchev–Trinajstić information content (AvgIpc) is 2.40. The Morgan fingerprint density at radius 2 is 1.74 bits per heavy atom. The van der Waals surface area contributed by atoms with Gasteiger partial charge in [0.1, 0.15) is 0 Å². The largest absolute Gasteiger partial charge is 0.293 e. The van der Waals surface area contributed by atoms with Crippen LogP contribution in [0.15, 0.2) is 24.3 Å². The van der Waals surface area contributed by atoms with Gasteiger partial charge in [-0.3, -0.25) is 9.00 Å². The summed E-state index contributed by atoms with van der Waals surface area (Å²) in [5.41, 5.74) is 1.94. The topological polar surface area (TPSA) is 34.1 Å². The molecule has 0 spiro atoms. The van der Waals surface area contributed by atoms with Gasteiger partial charge in [0.2, 0.25) is 0 Å². The molecule has 1 rings (SSSR count). The molecule has 0 amide bonds. The molecular formula is C16H24O2S. The fourth-order valence-electron chi connectivity index (χ4n) is 1.96. The first-order valence-corrected chi connectivity index (χ1v) is 8.63. The van der Waals surface area contributed by atoms with Crippen molar-refractivity contribution in [3.8, 4) is 0 Å². The second-order valence-electron chi connectivity index (χ2n) is 4.87. The maximum absolute atomic E-state index is 12.0. The molecular weight excluding hydrogens is 256 g/mol. The van der Waals surface area contributed by atoms with Gasteiger partial charge in [0.15, 0.2) is 5.78 Å². The second-order valence-corrected chi connectivity index (χ2v) is 6.44. The molecule has 1 aromatic rings. The van der Waals surface area contributed by atoms with E-state index in [1.807, 2.05) is 24.3 Å². The smallest absolute Gasteiger partial charge is 0.175 e. The molecule has 0 bridgehead atoms. The quantitative estimate of drug-likeness (QED) is 0.510. The number of carbonyl (C=O) groups excluding carboxylic acids is 1. The summed E-state index contributed by atoms with van der Waals surface area (Å²) in [6, 6.07) is 7.71. The number of benzene rings is 1. The van der Waals surface area contributed by atoms with Crippen molar-refractivity contribution in [1.82, 2.24) is 0 Å². The van der Waals surface area contributed by atoms with Crippen molar-refractivity contribution in [2.45, 2.75) is 46.0 Å². The number of hydrogen-bond acceptors (Lipinski definition) is 2. The summed E-state index contributed by atoms with van der Waals surface area (Å²) < 4.78 is 11.8. The third kappa shape index (κ3) is 6.15. The molecule has 2 nitrogen and oxygen atoms in total. The van der Waals surface area contributed by atoms with E-state index in [1.54, 1.807) is 0 Å². The van der Waals surface area contributed by atoms with E-state index in [0.29, 0.717) is 11.3 Å². The molecule has 1 aromatic carbocycles. The van der Waals surface area contributed by atoms with Crippen LogP contribution in [-0.4, -0.2) is 21.5 Å². The van der Waals surface area contributed by atoms with Crippen LogP contribution in [0.4, 0.5) is 0 Å². The summed E-state index contributed by atoms with van der Waals surface area (Å²) in [6.07, 6.45) is 5.30. The first-order valence-electron chi connectivity index (χ1n) is 7.14. The minimum Gasteiger partial charge on any atom is -0.293 e. The molecule has 0 aliphatic heterocycles. The van der Waals surface area contributed by atoms with Crippen LogP contribution in [0.3, 0.4) is 0 Å². The van der Waals surface area contributed by atoms with Gasteiger partial charge in [0.05, 0.1) is 5.75 Å². The van der Waals surface area contributed by atoms with Gasteiger partial charge in [0, 0.05) is 22.1 Å². The molecule has 0 heterocycles. The third-order valence-corrected chi connectivity index (χ3v) is 4.41. The van der Waals surface area contributed by atoms with Gasteiger partial charge < -0.3 is 0 Å². The summed E-state index contributed by atoms with van der Waals surface area (Å²) in [5.74, 6) is 0.808. The van der Waals surface area contributed by atoms with Crippen molar-refractivity contribution in [2.24, 2.45) is 0 Å². The number of unbranched alkanes of at least 4 members (excludes halogenated alkanes) is 2. The minimum absolute atomic E-state index is 0.00196. The summed E-state index contributed by atoms with van der Waals surface area (Å²) in [4.78, 5) is 12.0. The van der Waals surface area contributed by atoms with Crippen LogP contribution in [0.1, 0.15) is 55.5 Å². The predicted octanol–water partition coefficient (Wildman–Crippen LogP) is 3.76. The van der Waals surface area contributed by atoms with E-state index in [-0.39, 0.29) is 11.5 Å². The molecule has 0 fully saturated rings. The summed E-state index contributed by atoms with van der Waals surface area (Å²) in [6.45, 7) is 4.25. The van der Waals surface area contributed by atoms with E-state index in [0.717, 1.165) is 32.1 Å². The van der Waals surface area contributed by atoms with E-state index < -0.39 is 10.8 Å². The monoisotopic (exact) mass is 280 g/mol. The Hall–Kier alpha value is -0.960. The zero-order valence-corrected chi connectivity index (χ0v) is 12.8. The van der Waals surface area contributed by atoms with Gasteiger partial charge in [-0.15, -0.1) is 0 Å². The zero-order valence-electron chi connectivity index (χ0n) is 12.0. The van der Waals surface area contributed by atoms with E-state index in [1.165, 1.54) is 5.56 Å². The Balaban J connectivity index is 2.46. The van der Waals surface area contributed by atoms with Crippen LogP contribution in [0.25, 0.3) is 0 Å². The molecule has 0 aliphatic carbocycles. The lowest BCUT2D eigenvalue weighted by molar-refractivity contribution is 0.102. The molecule has 19 heavy (non-hydrogen) atoms. The van der Waals surface area contributed by atoms with E-state index in [9.17, 15) is 9.00 Å². The fourth-order valence-corrected chi connectivity index (χ4v) is 3.09. The molecule has 1 atom stereocenters. The first kappa shape index (κ1) is 16.1. The van der Waals surface area contributed by atoms with Crippen molar-refractivity contribution in [1.29, 1.82) is 0 Å². The van der Waals surface area contributed by atoms with Crippen LogP contribution < -0.4 is 0 Å². The first-order chi connectivity index (χ1) is 9.17. The Bertz CT molecular complexity index is 409. The second kappa shape index (κ2) is 9.03. The predicted molar refractivity (Wildman–Crippen MR) is 82.2 cm³/mol. The van der Waals surface area contributed by atoms with Gasteiger partial charge in [-0.05, 0) is 18.4 Å². The lowest BCUT2D eigenvalue weighted by atomic mass is 10.1.